The van der Waals surface area contributed by atoms with Crippen LogP contribution in [0.3, 0.4) is 0 Å². The number of alkyl halides is 2. The highest BCUT2D eigenvalue weighted by atomic mass is 19.3. The molecule has 1 aliphatic heterocycles. The molecule has 6 nitrogen and oxygen atoms in total. The Bertz CT molecular complexity index is 1000. The number of amides is 1. The van der Waals surface area contributed by atoms with Gasteiger partial charge in [0.25, 0.3) is 11.8 Å². The normalized spacial score (nSPS) is 19.2. The second kappa shape index (κ2) is 5.72. The molecule has 134 valence electrons. The largest absolute Gasteiger partial charge is 0.364 e. The number of fused-ring (bicyclic) bond motifs is 1. The van der Waals surface area contributed by atoms with Crippen LogP contribution in [-0.4, -0.2) is 33.0 Å². The fourth-order valence-corrected chi connectivity index (χ4v) is 3.25. The molecule has 0 saturated carbocycles. The fraction of sp³-hybridized carbons (Fsp3) is 0.235. The molecule has 26 heavy (non-hydrogen) atoms. The molecule has 2 N–H and O–H groups in total. The second-order valence-electron chi connectivity index (χ2n) is 6.23. The summed E-state index contributed by atoms with van der Waals surface area (Å²) in [7, 11) is 0. The Hall–Kier alpha value is -3.10. The van der Waals surface area contributed by atoms with Crippen molar-refractivity contribution in [2.75, 3.05) is 11.4 Å². The summed E-state index contributed by atoms with van der Waals surface area (Å²) in [6, 6.07) is 7.95. The summed E-state index contributed by atoms with van der Waals surface area (Å²) in [6.07, 6.45) is 0.819. The number of nitrogens with two attached hydrogens (primary N) is 1. The first-order chi connectivity index (χ1) is 12.3. The van der Waals surface area contributed by atoms with Crippen LogP contribution in [0, 0.1) is 5.82 Å². The number of anilines is 1. The Morgan fingerprint density at radius 3 is 2.81 bits per heavy atom. The van der Waals surface area contributed by atoms with E-state index in [2.05, 4.69) is 10.1 Å². The van der Waals surface area contributed by atoms with E-state index in [9.17, 15) is 18.0 Å². The predicted octanol–water partition coefficient (Wildman–Crippen LogP) is 2.55. The van der Waals surface area contributed by atoms with E-state index in [0.717, 1.165) is 0 Å². The molecule has 0 spiro atoms. The van der Waals surface area contributed by atoms with Crippen LogP contribution in [0.1, 0.15) is 28.5 Å². The number of nitrogens with zero attached hydrogens (tertiary/aromatic N) is 4. The molecular weight excluding hydrogens is 347 g/mol. The van der Waals surface area contributed by atoms with Crippen LogP contribution in [-0.2, 0) is 0 Å². The summed E-state index contributed by atoms with van der Waals surface area (Å²) in [5.74, 6) is -3.94. The summed E-state index contributed by atoms with van der Waals surface area (Å²) < 4.78 is 43.0. The van der Waals surface area contributed by atoms with Crippen LogP contribution in [0.15, 0.2) is 42.6 Å². The van der Waals surface area contributed by atoms with E-state index in [1.54, 1.807) is 18.2 Å². The standard InChI is InChI=1S/C17H14F3N5O/c18-11-3-1-2-10(6-11)12-7-17(19,20)9-24(12)15-5-4-14-22-8-13(16(21)26)25(14)23-15/h1-6,8,12H,7,9H2,(H2,21,26)/t12-/m1/s1. The summed E-state index contributed by atoms with van der Waals surface area (Å²) in [4.78, 5) is 16.9. The van der Waals surface area contributed by atoms with Gasteiger partial charge in [-0.3, -0.25) is 4.79 Å². The van der Waals surface area contributed by atoms with Gasteiger partial charge in [-0.1, -0.05) is 12.1 Å². The number of aromatic nitrogens is 3. The number of imidazole rings is 1. The van der Waals surface area contributed by atoms with Gasteiger partial charge < -0.3 is 10.6 Å². The first-order valence-electron chi connectivity index (χ1n) is 7.89. The highest BCUT2D eigenvalue weighted by Gasteiger charge is 2.46. The first kappa shape index (κ1) is 16.4. The lowest BCUT2D eigenvalue weighted by molar-refractivity contribution is 0.0222. The number of primary amides is 1. The molecule has 4 rings (SSSR count). The minimum atomic E-state index is -2.95. The van der Waals surface area contributed by atoms with Crippen molar-refractivity contribution < 1.29 is 18.0 Å². The first-order valence-corrected chi connectivity index (χ1v) is 7.89. The zero-order chi connectivity index (χ0) is 18.5. The minimum absolute atomic E-state index is 0.0510. The number of benzene rings is 1. The highest BCUT2D eigenvalue weighted by Crippen LogP contribution is 2.43. The SMILES string of the molecule is NC(=O)c1cnc2ccc(N3CC(F)(F)C[C@@H]3c3cccc(F)c3)nn12. The molecule has 1 aliphatic rings. The highest BCUT2D eigenvalue weighted by molar-refractivity contribution is 5.91. The van der Waals surface area contributed by atoms with E-state index in [1.807, 2.05) is 0 Å². The van der Waals surface area contributed by atoms with E-state index in [4.69, 9.17) is 5.73 Å². The molecule has 1 saturated heterocycles. The number of hydrogen-bond donors (Lipinski definition) is 1. The predicted molar refractivity (Wildman–Crippen MR) is 87.6 cm³/mol. The maximum Gasteiger partial charge on any atom is 0.269 e. The molecule has 0 aliphatic carbocycles. The third kappa shape index (κ3) is 2.75. The van der Waals surface area contributed by atoms with Crippen molar-refractivity contribution >= 4 is 17.4 Å². The van der Waals surface area contributed by atoms with Crippen molar-refractivity contribution in [2.45, 2.75) is 18.4 Å². The molecule has 0 bridgehead atoms. The molecule has 1 aromatic carbocycles. The minimum Gasteiger partial charge on any atom is -0.364 e. The number of hydrogen-bond acceptors (Lipinski definition) is 4. The average Bonchev–Trinajstić information content (AvgIpc) is 3.14. The van der Waals surface area contributed by atoms with Crippen LogP contribution in [0.5, 0.6) is 0 Å². The molecule has 3 aromatic rings. The van der Waals surface area contributed by atoms with Gasteiger partial charge in [0.1, 0.15) is 17.3 Å². The Morgan fingerprint density at radius 2 is 2.08 bits per heavy atom. The van der Waals surface area contributed by atoms with Crippen molar-refractivity contribution in [2.24, 2.45) is 5.73 Å². The van der Waals surface area contributed by atoms with Crippen molar-refractivity contribution in [3.8, 4) is 0 Å². The zero-order valence-electron chi connectivity index (χ0n) is 13.4. The quantitative estimate of drug-likeness (QED) is 0.778. The van der Waals surface area contributed by atoms with Gasteiger partial charge >= 0.3 is 0 Å². The fourth-order valence-electron chi connectivity index (χ4n) is 3.25. The smallest absolute Gasteiger partial charge is 0.269 e. The topological polar surface area (TPSA) is 76.5 Å². The second-order valence-corrected chi connectivity index (χ2v) is 6.23. The van der Waals surface area contributed by atoms with Gasteiger partial charge in [-0.05, 0) is 29.8 Å². The molecule has 0 unspecified atom stereocenters. The Morgan fingerprint density at radius 1 is 1.27 bits per heavy atom. The van der Waals surface area contributed by atoms with E-state index < -0.39 is 36.7 Å². The lowest BCUT2D eigenvalue weighted by Gasteiger charge is -2.25. The van der Waals surface area contributed by atoms with Crippen molar-refractivity contribution in [3.63, 3.8) is 0 Å². The number of carbonyl (C=O) groups is 1. The lowest BCUT2D eigenvalue weighted by atomic mass is 10.0. The van der Waals surface area contributed by atoms with E-state index in [1.165, 1.54) is 33.8 Å². The number of halogens is 3. The summed E-state index contributed by atoms with van der Waals surface area (Å²) in [5, 5.41) is 4.25. The van der Waals surface area contributed by atoms with E-state index in [-0.39, 0.29) is 11.5 Å². The zero-order valence-corrected chi connectivity index (χ0v) is 13.4. The van der Waals surface area contributed by atoms with Gasteiger partial charge in [-0.2, -0.15) is 0 Å². The summed E-state index contributed by atoms with van der Waals surface area (Å²) in [6.45, 7) is -0.562. The molecule has 1 amide bonds. The Kier molecular flexibility index (Phi) is 3.60. The molecule has 2 aromatic heterocycles. The molecule has 1 fully saturated rings. The van der Waals surface area contributed by atoms with Gasteiger partial charge in [-0.15, -0.1) is 5.10 Å². The van der Waals surface area contributed by atoms with Crippen LogP contribution >= 0.6 is 0 Å². The summed E-state index contributed by atoms with van der Waals surface area (Å²) in [5.41, 5.74) is 6.15. The van der Waals surface area contributed by atoms with Gasteiger partial charge in [0.05, 0.1) is 18.8 Å². The molecule has 3 heterocycles. The van der Waals surface area contributed by atoms with Gasteiger partial charge in [0.15, 0.2) is 5.65 Å². The molecule has 1 atom stereocenters. The van der Waals surface area contributed by atoms with Gasteiger partial charge in [0, 0.05) is 6.42 Å². The van der Waals surface area contributed by atoms with Crippen molar-refractivity contribution in [1.29, 1.82) is 0 Å². The maximum atomic E-state index is 14.1. The molecule has 0 radical (unpaired) electrons. The number of rotatable bonds is 3. The maximum absolute atomic E-state index is 14.1. The van der Waals surface area contributed by atoms with Crippen molar-refractivity contribution in [1.82, 2.24) is 14.6 Å². The van der Waals surface area contributed by atoms with Crippen molar-refractivity contribution in [3.05, 3.63) is 59.7 Å². The van der Waals surface area contributed by atoms with Crippen LogP contribution < -0.4 is 10.6 Å². The van der Waals surface area contributed by atoms with Crippen LogP contribution in [0.25, 0.3) is 5.65 Å². The number of carbonyl (C=O) groups excluding carboxylic acids is 1. The van der Waals surface area contributed by atoms with Gasteiger partial charge in [-0.25, -0.2) is 22.7 Å². The Balaban J connectivity index is 1.80. The average molecular weight is 361 g/mol. The molecule has 9 heteroatoms. The van der Waals surface area contributed by atoms with Crippen LogP contribution in [0.4, 0.5) is 19.0 Å². The monoisotopic (exact) mass is 361 g/mol. The third-order valence-electron chi connectivity index (χ3n) is 4.40. The lowest BCUT2D eigenvalue weighted by Crippen LogP contribution is -2.28. The van der Waals surface area contributed by atoms with E-state index in [0.29, 0.717) is 11.2 Å². The Labute approximate surface area is 146 Å². The third-order valence-corrected chi connectivity index (χ3v) is 4.40. The van der Waals surface area contributed by atoms with E-state index >= 15 is 0 Å². The molecular formula is C17H14F3N5O. The summed E-state index contributed by atoms with van der Waals surface area (Å²) >= 11 is 0. The van der Waals surface area contributed by atoms with Gasteiger partial charge in [0.2, 0.25) is 0 Å². The van der Waals surface area contributed by atoms with Crippen LogP contribution in [0.2, 0.25) is 0 Å².